The van der Waals surface area contributed by atoms with Crippen molar-refractivity contribution in [2.45, 2.75) is 25.7 Å². The van der Waals surface area contributed by atoms with Crippen LogP contribution in [0.5, 0.6) is 0 Å². The Morgan fingerprint density at radius 2 is 1.90 bits per heavy atom. The summed E-state index contributed by atoms with van der Waals surface area (Å²) in [5.74, 6) is -0.535. The zero-order valence-electron chi connectivity index (χ0n) is 16.8. The summed E-state index contributed by atoms with van der Waals surface area (Å²) in [7, 11) is 0. The molecule has 0 radical (unpaired) electrons. The first-order chi connectivity index (χ1) is 15.0. The summed E-state index contributed by atoms with van der Waals surface area (Å²) < 4.78 is 15.8. The fourth-order valence-corrected chi connectivity index (χ4v) is 3.61. The predicted molar refractivity (Wildman–Crippen MR) is 115 cm³/mol. The van der Waals surface area contributed by atoms with Crippen LogP contribution < -0.4 is 5.32 Å². The van der Waals surface area contributed by atoms with Crippen LogP contribution in [0.3, 0.4) is 0 Å². The smallest absolute Gasteiger partial charge is 0.256 e. The van der Waals surface area contributed by atoms with Gasteiger partial charge in [0.25, 0.3) is 5.91 Å². The number of nitrogens with zero attached hydrogens (tertiary/aromatic N) is 3. The van der Waals surface area contributed by atoms with Crippen molar-refractivity contribution in [3.05, 3.63) is 83.4 Å². The minimum absolute atomic E-state index is 0.0791. The Hall–Kier alpha value is -3.87. The maximum Gasteiger partial charge on any atom is 0.256 e. The van der Waals surface area contributed by atoms with Crippen molar-refractivity contribution in [1.82, 2.24) is 14.8 Å². The van der Waals surface area contributed by atoms with Gasteiger partial charge in [-0.05, 0) is 50.1 Å². The van der Waals surface area contributed by atoms with Crippen LogP contribution in [0.2, 0.25) is 0 Å². The van der Waals surface area contributed by atoms with E-state index in [-0.39, 0.29) is 17.4 Å². The second-order valence-electron chi connectivity index (χ2n) is 7.71. The first-order valence-corrected chi connectivity index (χ1v) is 10.1. The van der Waals surface area contributed by atoms with E-state index in [1.807, 2.05) is 0 Å². The third-order valence-corrected chi connectivity index (χ3v) is 5.41. The van der Waals surface area contributed by atoms with Crippen molar-refractivity contribution in [2.75, 3.05) is 5.32 Å². The van der Waals surface area contributed by atoms with Crippen LogP contribution in [0.25, 0.3) is 16.7 Å². The van der Waals surface area contributed by atoms with Gasteiger partial charge in [-0.15, -0.1) is 0 Å². The Kier molecular flexibility index (Phi) is 4.58. The van der Waals surface area contributed by atoms with Gasteiger partial charge in [-0.3, -0.25) is 9.59 Å². The molecule has 0 bridgehead atoms. The number of carbonyl (C=O) groups is 2. The van der Waals surface area contributed by atoms with Crippen LogP contribution in [-0.4, -0.2) is 26.5 Å². The summed E-state index contributed by atoms with van der Waals surface area (Å²) in [5, 5.41) is 7.72. The summed E-state index contributed by atoms with van der Waals surface area (Å²) in [6.07, 6.45) is 3.55. The van der Waals surface area contributed by atoms with Crippen LogP contribution in [0.15, 0.2) is 60.8 Å². The van der Waals surface area contributed by atoms with Gasteiger partial charge in [0, 0.05) is 22.9 Å². The maximum atomic E-state index is 14.4. The number of benzene rings is 2. The van der Waals surface area contributed by atoms with Crippen LogP contribution >= 0.6 is 0 Å². The van der Waals surface area contributed by atoms with Crippen LogP contribution in [0, 0.1) is 5.82 Å². The molecular weight excluding hydrogens is 395 g/mol. The van der Waals surface area contributed by atoms with E-state index < -0.39 is 5.82 Å². The molecule has 7 heteroatoms. The molecule has 1 aliphatic rings. The second kappa shape index (κ2) is 7.43. The number of rotatable bonds is 5. The van der Waals surface area contributed by atoms with Crippen molar-refractivity contribution in [1.29, 1.82) is 0 Å². The molecule has 1 saturated carbocycles. The molecule has 0 saturated heterocycles. The van der Waals surface area contributed by atoms with Gasteiger partial charge < -0.3 is 5.32 Å². The van der Waals surface area contributed by atoms with Crippen LogP contribution in [-0.2, 0) is 0 Å². The normalized spacial score (nSPS) is 13.4. The van der Waals surface area contributed by atoms with E-state index in [1.165, 1.54) is 23.9 Å². The summed E-state index contributed by atoms with van der Waals surface area (Å²) in [4.78, 5) is 29.6. The predicted octanol–water partition coefficient (Wildman–Crippen LogP) is 4.89. The van der Waals surface area contributed by atoms with Gasteiger partial charge >= 0.3 is 0 Å². The van der Waals surface area contributed by atoms with Crippen molar-refractivity contribution in [3.8, 4) is 5.69 Å². The van der Waals surface area contributed by atoms with Crippen LogP contribution in [0.4, 0.5) is 10.1 Å². The number of ketones is 1. The van der Waals surface area contributed by atoms with Crippen molar-refractivity contribution in [3.63, 3.8) is 0 Å². The number of fused-ring (bicyclic) bond motifs is 1. The summed E-state index contributed by atoms with van der Waals surface area (Å²) in [6.45, 7) is 1.48. The SMILES string of the molecule is CC(=O)c1cccc(NC(=O)c2cc(C3CC3)nc3c2cnn3-c2ccccc2F)c1. The molecule has 6 nitrogen and oxygen atoms in total. The second-order valence-corrected chi connectivity index (χ2v) is 7.71. The number of hydrogen-bond donors (Lipinski definition) is 1. The molecule has 1 fully saturated rings. The average Bonchev–Trinajstić information content (AvgIpc) is 3.53. The highest BCUT2D eigenvalue weighted by atomic mass is 19.1. The Balaban J connectivity index is 1.60. The summed E-state index contributed by atoms with van der Waals surface area (Å²) in [5.41, 5.74) is 2.98. The number of carbonyl (C=O) groups excluding carboxylic acids is 2. The Morgan fingerprint density at radius 3 is 2.65 bits per heavy atom. The molecule has 0 spiro atoms. The molecule has 31 heavy (non-hydrogen) atoms. The minimum Gasteiger partial charge on any atom is -0.322 e. The van der Waals surface area contributed by atoms with E-state index in [9.17, 15) is 14.0 Å². The van der Waals surface area contributed by atoms with Gasteiger partial charge in [-0.2, -0.15) is 5.10 Å². The number of pyridine rings is 1. The number of para-hydroxylation sites is 1. The third kappa shape index (κ3) is 3.59. The van der Waals surface area contributed by atoms with Gasteiger partial charge in [0.2, 0.25) is 0 Å². The maximum absolute atomic E-state index is 14.4. The fraction of sp³-hybridized carbons (Fsp3) is 0.167. The average molecular weight is 414 g/mol. The molecule has 1 amide bonds. The van der Waals surface area contributed by atoms with E-state index in [1.54, 1.807) is 48.5 Å². The molecule has 1 N–H and O–H groups in total. The summed E-state index contributed by atoms with van der Waals surface area (Å²) >= 11 is 0. The lowest BCUT2D eigenvalue weighted by molar-refractivity contribution is 0.101. The van der Waals surface area contributed by atoms with Gasteiger partial charge in [-0.25, -0.2) is 14.1 Å². The third-order valence-electron chi connectivity index (χ3n) is 5.41. The lowest BCUT2D eigenvalue weighted by atomic mass is 10.1. The number of amides is 1. The molecule has 0 aliphatic heterocycles. The zero-order chi connectivity index (χ0) is 21.5. The Labute approximate surface area is 177 Å². The molecule has 2 aromatic heterocycles. The molecule has 1 aliphatic carbocycles. The number of anilines is 1. The lowest BCUT2D eigenvalue weighted by Gasteiger charge is -2.10. The van der Waals surface area contributed by atoms with Crippen molar-refractivity contribution >= 4 is 28.4 Å². The van der Waals surface area contributed by atoms with Gasteiger partial charge in [0.15, 0.2) is 11.4 Å². The highest BCUT2D eigenvalue weighted by Crippen LogP contribution is 2.40. The van der Waals surface area contributed by atoms with Crippen molar-refractivity contribution in [2.24, 2.45) is 0 Å². The van der Waals surface area contributed by atoms with E-state index in [0.29, 0.717) is 33.8 Å². The molecular formula is C24H19FN4O2. The quantitative estimate of drug-likeness (QED) is 0.472. The molecule has 2 aromatic carbocycles. The topological polar surface area (TPSA) is 76.9 Å². The minimum atomic E-state index is -0.418. The zero-order valence-corrected chi connectivity index (χ0v) is 16.8. The lowest BCUT2D eigenvalue weighted by Crippen LogP contribution is -2.14. The summed E-state index contributed by atoms with van der Waals surface area (Å²) in [6, 6.07) is 14.9. The first-order valence-electron chi connectivity index (χ1n) is 10.1. The highest BCUT2D eigenvalue weighted by molar-refractivity contribution is 6.12. The largest absolute Gasteiger partial charge is 0.322 e. The first kappa shape index (κ1) is 19.1. The van der Waals surface area contributed by atoms with E-state index in [0.717, 1.165) is 18.5 Å². The molecule has 0 unspecified atom stereocenters. The van der Waals surface area contributed by atoms with E-state index in [4.69, 9.17) is 4.98 Å². The Morgan fingerprint density at radius 1 is 1.10 bits per heavy atom. The number of halogens is 1. The molecule has 2 heterocycles. The molecule has 154 valence electrons. The molecule has 5 rings (SSSR count). The highest BCUT2D eigenvalue weighted by Gasteiger charge is 2.28. The Bertz CT molecular complexity index is 1340. The monoisotopic (exact) mass is 414 g/mol. The number of Topliss-reactive ketones (excluding diaryl/α,β-unsaturated/α-hetero) is 1. The number of aromatic nitrogens is 3. The standard InChI is InChI=1S/C24H19FN4O2/c1-14(30)16-5-4-6-17(11-16)27-24(31)18-12-21(15-9-10-15)28-23-19(18)13-26-29(23)22-8-3-2-7-20(22)25/h2-8,11-13,15H,9-10H2,1H3,(H,27,31). The van der Waals surface area contributed by atoms with Gasteiger partial charge in [0.05, 0.1) is 17.1 Å². The van der Waals surface area contributed by atoms with Crippen molar-refractivity contribution < 1.29 is 14.0 Å². The molecule has 0 atom stereocenters. The number of hydrogen-bond acceptors (Lipinski definition) is 4. The van der Waals surface area contributed by atoms with E-state index >= 15 is 0 Å². The van der Waals surface area contributed by atoms with Gasteiger partial charge in [0.1, 0.15) is 11.5 Å². The number of nitrogens with one attached hydrogen (secondary N) is 1. The van der Waals surface area contributed by atoms with Crippen LogP contribution in [0.1, 0.15) is 52.1 Å². The fourth-order valence-electron chi connectivity index (χ4n) is 3.61. The van der Waals surface area contributed by atoms with Gasteiger partial charge in [-0.1, -0.05) is 24.3 Å². The molecule has 4 aromatic rings. The van der Waals surface area contributed by atoms with E-state index in [2.05, 4.69) is 10.4 Å².